The topological polar surface area (TPSA) is 101 Å². The number of carbonyl (C=O) groups excluding carboxylic acids is 2. The molecule has 0 saturated carbocycles. The van der Waals surface area contributed by atoms with Crippen LogP contribution in [0.15, 0.2) is 73.1 Å². The van der Waals surface area contributed by atoms with E-state index in [4.69, 9.17) is 14.5 Å². The fraction of sp³-hybridized carbons (Fsp3) is 0.314. The molecule has 44 heavy (non-hydrogen) atoms. The summed E-state index contributed by atoms with van der Waals surface area (Å²) in [5.74, 6) is 0.113. The van der Waals surface area contributed by atoms with E-state index >= 15 is 0 Å². The molecule has 1 atom stereocenters. The summed E-state index contributed by atoms with van der Waals surface area (Å²) in [5, 5.41) is 10.4. The Bertz CT molecular complexity index is 1760. The van der Waals surface area contributed by atoms with Crippen molar-refractivity contribution in [2.24, 2.45) is 5.41 Å². The van der Waals surface area contributed by atoms with Crippen molar-refractivity contribution in [2.75, 3.05) is 39.7 Å². The van der Waals surface area contributed by atoms with Crippen LogP contribution in [0.2, 0.25) is 0 Å². The van der Waals surface area contributed by atoms with Gasteiger partial charge in [-0.2, -0.15) is 5.26 Å². The van der Waals surface area contributed by atoms with Gasteiger partial charge in [-0.15, -0.1) is 0 Å². The number of hydrogen-bond acceptors (Lipinski definition) is 7. The van der Waals surface area contributed by atoms with Gasteiger partial charge in [0.25, 0.3) is 0 Å². The number of benzene rings is 2. The third kappa shape index (κ3) is 7.16. The number of anilines is 1. The van der Waals surface area contributed by atoms with Gasteiger partial charge in [-0.05, 0) is 83.2 Å². The maximum absolute atomic E-state index is 12.9. The summed E-state index contributed by atoms with van der Waals surface area (Å²) in [7, 11) is 7.19. The Labute approximate surface area is 258 Å². The van der Waals surface area contributed by atoms with Crippen molar-refractivity contribution in [1.82, 2.24) is 14.5 Å². The minimum Gasteiger partial charge on any atom is -0.497 e. The highest BCUT2D eigenvalue weighted by atomic mass is 16.6. The van der Waals surface area contributed by atoms with Crippen LogP contribution in [0.5, 0.6) is 5.75 Å². The normalized spacial score (nSPS) is 12.4. The van der Waals surface area contributed by atoms with Gasteiger partial charge in [0.2, 0.25) is 5.91 Å². The number of hydrogen-bond donors (Lipinski definition) is 0. The third-order valence-electron chi connectivity index (χ3n) is 7.16. The number of nitriles is 1. The average Bonchev–Trinajstić information content (AvgIpc) is 3.38. The maximum Gasteiger partial charge on any atom is 0.313 e. The van der Waals surface area contributed by atoms with Crippen LogP contribution >= 0.6 is 0 Å². The van der Waals surface area contributed by atoms with E-state index in [0.717, 1.165) is 27.6 Å². The van der Waals surface area contributed by atoms with Gasteiger partial charge < -0.3 is 19.3 Å². The van der Waals surface area contributed by atoms with Crippen molar-refractivity contribution in [3.63, 3.8) is 0 Å². The molecule has 0 fully saturated rings. The number of amides is 1. The van der Waals surface area contributed by atoms with Gasteiger partial charge in [0.1, 0.15) is 11.4 Å². The molecule has 0 aliphatic carbocycles. The van der Waals surface area contributed by atoms with E-state index < -0.39 is 11.6 Å². The first kappa shape index (κ1) is 32.0. The zero-order chi connectivity index (χ0) is 32.2. The monoisotopic (exact) mass is 593 g/mol. The van der Waals surface area contributed by atoms with E-state index in [9.17, 15) is 14.9 Å². The molecule has 0 N–H and O–H groups in total. The van der Waals surface area contributed by atoms with Crippen molar-refractivity contribution in [3.05, 3.63) is 78.6 Å². The third-order valence-corrected chi connectivity index (χ3v) is 7.16. The fourth-order valence-corrected chi connectivity index (χ4v) is 4.61. The van der Waals surface area contributed by atoms with Crippen LogP contribution in [0.3, 0.4) is 0 Å². The van der Waals surface area contributed by atoms with E-state index in [1.165, 1.54) is 0 Å². The van der Waals surface area contributed by atoms with Gasteiger partial charge in [0.05, 0.1) is 24.2 Å². The number of pyridine rings is 1. The van der Waals surface area contributed by atoms with Gasteiger partial charge in [-0.3, -0.25) is 14.2 Å². The van der Waals surface area contributed by atoms with Crippen molar-refractivity contribution in [3.8, 4) is 34.1 Å². The van der Waals surface area contributed by atoms with E-state index in [2.05, 4.69) is 6.07 Å². The molecule has 228 valence electrons. The summed E-state index contributed by atoms with van der Waals surface area (Å²) in [6.45, 7) is 7.90. The number of methoxy groups -OCH3 is 1. The number of esters is 1. The molecule has 9 nitrogen and oxygen atoms in total. The first-order chi connectivity index (χ1) is 20.8. The molecule has 0 bridgehead atoms. The minimum atomic E-state index is -0.664. The summed E-state index contributed by atoms with van der Waals surface area (Å²) in [4.78, 5) is 34.0. The summed E-state index contributed by atoms with van der Waals surface area (Å²) >= 11 is 0. The minimum absolute atomic E-state index is 0.157. The average molecular weight is 594 g/mol. The van der Waals surface area contributed by atoms with Gasteiger partial charge in [-0.1, -0.05) is 18.2 Å². The van der Waals surface area contributed by atoms with Crippen molar-refractivity contribution in [1.29, 1.82) is 5.26 Å². The Morgan fingerprint density at radius 1 is 1.07 bits per heavy atom. The van der Waals surface area contributed by atoms with E-state index in [-0.39, 0.29) is 11.9 Å². The lowest BCUT2D eigenvalue weighted by atomic mass is 9.97. The van der Waals surface area contributed by atoms with Crippen molar-refractivity contribution < 1.29 is 19.1 Å². The second kappa shape index (κ2) is 13.1. The summed E-state index contributed by atoms with van der Waals surface area (Å²) in [5.41, 5.74) is 4.45. The van der Waals surface area contributed by atoms with Crippen molar-refractivity contribution in [2.45, 2.75) is 33.9 Å². The van der Waals surface area contributed by atoms with Crippen LogP contribution < -0.4 is 9.64 Å². The van der Waals surface area contributed by atoms with Crippen molar-refractivity contribution >= 4 is 28.6 Å². The van der Waals surface area contributed by atoms with E-state index in [1.54, 1.807) is 37.4 Å². The molecule has 1 amide bonds. The van der Waals surface area contributed by atoms with Gasteiger partial charge in [0.15, 0.2) is 6.23 Å². The molecule has 2 heterocycles. The SMILES string of the molecule is COc1cc(-c2cnc3c(c2)c(-c2cccc(C#N)c2)cn3C(C)OC(=O)C(C)(C)C)cc(N(C)C(=O)/C=C/CN(C)C)c1. The quantitative estimate of drug-likeness (QED) is 0.163. The molecular formula is C35H39N5O4. The zero-order valence-electron chi connectivity index (χ0n) is 26.6. The van der Waals surface area contributed by atoms with Crippen LogP contribution in [0, 0.1) is 16.7 Å². The molecule has 9 heteroatoms. The second-order valence-corrected chi connectivity index (χ2v) is 12.0. The van der Waals surface area contributed by atoms with Crippen LogP contribution in [0.25, 0.3) is 33.3 Å². The molecule has 0 aliphatic rings. The number of nitrogens with zero attached hydrogens (tertiary/aromatic N) is 5. The Morgan fingerprint density at radius 2 is 1.82 bits per heavy atom. The van der Waals surface area contributed by atoms with Crippen LogP contribution in [0.1, 0.15) is 39.5 Å². The van der Waals surface area contributed by atoms with Gasteiger partial charge >= 0.3 is 5.97 Å². The maximum atomic E-state index is 12.9. The van der Waals surface area contributed by atoms with E-state index in [0.29, 0.717) is 29.2 Å². The Balaban J connectivity index is 1.83. The second-order valence-electron chi connectivity index (χ2n) is 12.0. The van der Waals surface area contributed by atoms with E-state index in [1.807, 2.05) is 106 Å². The molecule has 4 aromatic rings. The highest BCUT2D eigenvalue weighted by molar-refractivity contribution is 6.02. The predicted octanol–water partition coefficient (Wildman–Crippen LogP) is 6.44. The molecule has 0 aliphatic heterocycles. The lowest BCUT2D eigenvalue weighted by molar-refractivity contribution is -0.162. The highest BCUT2D eigenvalue weighted by Gasteiger charge is 2.27. The molecule has 0 saturated heterocycles. The first-order valence-electron chi connectivity index (χ1n) is 14.3. The number of fused-ring (bicyclic) bond motifs is 1. The van der Waals surface area contributed by atoms with Gasteiger partial charge in [0, 0.05) is 60.3 Å². The Hall–Kier alpha value is -4.94. The van der Waals surface area contributed by atoms with Crippen LogP contribution in [-0.4, -0.2) is 61.1 Å². The van der Waals surface area contributed by atoms with Crippen LogP contribution in [-0.2, 0) is 14.3 Å². The molecule has 2 aromatic heterocycles. The summed E-state index contributed by atoms with van der Waals surface area (Å²) < 4.78 is 13.3. The molecule has 2 aromatic carbocycles. The Morgan fingerprint density at radius 3 is 2.48 bits per heavy atom. The standard InChI is InChI=1S/C35H39N5O4/c1-23(44-34(42)35(2,3)4)40-22-31(25-12-9-11-24(15-25)20-36)30-18-27(21-37-33(30)40)26-16-28(19-29(17-26)43-8)39(7)32(41)13-10-14-38(5)6/h9-13,15-19,21-23H,14H2,1-8H3/b13-10+. The largest absolute Gasteiger partial charge is 0.497 e. The van der Waals surface area contributed by atoms with Gasteiger partial charge in [-0.25, -0.2) is 4.98 Å². The number of likely N-dealkylation sites (N-methyl/N-ethyl adjacent to an activating group) is 2. The molecule has 0 radical (unpaired) electrons. The predicted molar refractivity (Wildman–Crippen MR) is 173 cm³/mol. The smallest absolute Gasteiger partial charge is 0.313 e. The zero-order valence-corrected chi connectivity index (χ0v) is 26.6. The fourth-order valence-electron chi connectivity index (χ4n) is 4.61. The number of aromatic nitrogens is 2. The lowest BCUT2D eigenvalue weighted by Gasteiger charge is -2.22. The summed E-state index contributed by atoms with van der Waals surface area (Å²) in [6.07, 6.45) is 6.42. The highest BCUT2D eigenvalue weighted by Crippen LogP contribution is 2.37. The molecular weight excluding hydrogens is 554 g/mol. The molecule has 4 rings (SSSR count). The number of ether oxygens (including phenoxy) is 2. The first-order valence-corrected chi connectivity index (χ1v) is 14.3. The molecule has 1 unspecified atom stereocenters. The molecule has 0 spiro atoms. The Kier molecular flexibility index (Phi) is 9.56. The number of rotatable bonds is 9. The summed E-state index contributed by atoms with van der Waals surface area (Å²) in [6, 6.07) is 17.2. The van der Waals surface area contributed by atoms with Crippen LogP contribution in [0.4, 0.5) is 5.69 Å². The lowest BCUT2D eigenvalue weighted by Crippen LogP contribution is -2.26. The number of carbonyl (C=O) groups is 2.